The summed E-state index contributed by atoms with van der Waals surface area (Å²) in [5.74, 6) is 0.831. The van der Waals surface area contributed by atoms with Gasteiger partial charge in [0.2, 0.25) is 5.91 Å². The number of carbonyl (C=O) groups excluding carboxylic acids is 2. The fourth-order valence-electron chi connectivity index (χ4n) is 4.22. The second-order valence-electron chi connectivity index (χ2n) is 9.27. The van der Waals surface area contributed by atoms with Crippen LogP contribution in [0.3, 0.4) is 0 Å². The second-order valence-corrected chi connectivity index (χ2v) is 9.27. The van der Waals surface area contributed by atoms with E-state index in [-0.39, 0.29) is 11.8 Å². The van der Waals surface area contributed by atoms with E-state index in [9.17, 15) is 9.59 Å². The first-order valence-electron chi connectivity index (χ1n) is 11.5. The largest absolute Gasteiger partial charge is 0.369 e. The highest BCUT2D eigenvalue weighted by molar-refractivity contribution is 5.94. The van der Waals surface area contributed by atoms with Crippen LogP contribution in [-0.4, -0.2) is 84.9 Å². The van der Waals surface area contributed by atoms with E-state index in [1.54, 1.807) is 0 Å². The van der Waals surface area contributed by atoms with Crippen molar-refractivity contribution in [3.63, 3.8) is 0 Å². The summed E-state index contributed by atoms with van der Waals surface area (Å²) < 4.78 is 0. The fourth-order valence-corrected chi connectivity index (χ4v) is 4.22. The van der Waals surface area contributed by atoms with Crippen LogP contribution in [0.15, 0.2) is 24.3 Å². The van der Waals surface area contributed by atoms with Gasteiger partial charge in [-0.15, -0.1) is 0 Å². The molecule has 6 nitrogen and oxygen atoms in total. The lowest BCUT2D eigenvalue weighted by Gasteiger charge is -2.38. The maximum atomic E-state index is 12.9. The Morgan fingerprint density at radius 2 is 1.37 bits per heavy atom. The van der Waals surface area contributed by atoms with E-state index in [1.807, 2.05) is 21.9 Å². The maximum absolute atomic E-state index is 12.9. The summed E-state index contributed by atoms with van der Waals surface area (Å²) >= 11 is 0. The quantitative estimate of drug-likeness (QED) is 0.718. The number of anilines is 1. The summed E-state index contributed by atoms with van der Waals surface area (Å²) in [5.41, 5.74) is 1.93. The first-order chi connectivity index (χ1) is 14.3. The molecule has 2 aliphatic rings. The number of carbonyl (C=O) groups is 2. The monoisotopic (exact) mass is 414 g/mol. The van der Waals surface area contributed by atoms with Gasteiger partial charge in [0, 0.05) is 76.1 Å². The SMILES string of the molecule is CC(C)CCC(=O)N1CCN(C(=O)c2ccc(N3CCN(C(C)C)CC3)cc2)CC1. The number of nitrogens with zero attached hydrogens (tertiary/aromatic N) is 4. The molecular weight excluding hydrogens is 376 g/mol. The Labute approximate surface area is 181 Å². The summed E-state index contributed by atoms with van der Waals surface area (Å²) in [5, 5.41) is 0. The number of piperazine rings is 2. The van der Waals surface area contributed by atoms with Gasteiger partial charge >= 0.3 is 0 Å². The topological polar surface area (TPSA) is 47.1 Å². The van der Waals surface area contributed by atoms with Crippen molar-refractivity contribution in [3.8, 4) is 0 Å². The Kier molecular flexibility index (Phi) is 7.75. The molecule has 0 saturated carbocycles. The molecule has 0 spiro atoms. The molecule has 2 fully saturated rings. The van der Waals surface area contributed by atoms with Crippen LogP contribution in [0.4, 0.5) is 5.69 Å². The molecule has 0 atom stereocenters. The van der Waals surface area contributed by atoms with Crippen LogP contribution in [0.1, 0.15) is 50.9 Å². The second kappa shape index (κ2) is 10.3. The van der Waals surface area contributed by atoms with Crippen molar-refractivity contribution < 1.29 is 9.59 Å². The molecule has 0 N–H and O–H groups in total. The molecule has 1 aromatic rings. The van der Waals surface area contributed by atoms with E-state index in [4.69, 9.17) is 0 Å². The van der Waals surface area contributed by atoms with Crippen molar-refractivity contribution in [2.24, 2.45) is 5.92 Å². The molecule has 6 heteroatoms. The number of hydrogen-bond acceptors (Lipinski definition) is 4. The van der Waals surface area contributed by atoms with Crippen molar-refractivity contribution in [1.29, 1.82) is 0 Å². The zero-order valence-electron chi connectivity index (χ0n) is 19.1. The molecule has 2 amide bonds. The summed E-state index contributed by atoms with van der Waals surface area (Å²) in [7, 11) is 0. The number of benzene rings is 1. The van der Waals surface area contributed by atoms with Crippen molar-refractivity contribution in [2.75, 3.05) is 57.3 Å². The molecule has 0 unspecified atom stereocenters. The zero-order chi connectivity index (χ0) is 21.7. The van der Waals surface area contributed by atoms with Crippen LogP contribution in [0, 0.1) is 5.92 Å². The van der Waals surface area contributed by atoms with E-state index in [0.29, 0.717) is 44.6 Å². The minimum atomic E-state index is 0.0699. The van der Waals surface area contributed by atoms with Crippen molar-refractivity contribution in [3.05, 3.63) is 29.8 Å². The van der Waals surface area contributed by atoms with Crippen molar-refractivity contribution in [1.82, 2.24) is 14.7 Å². The van der Waals surface area contributed by atoms with Crippen molar-refractivity contribution in [2.45, 2.75) is 46.6 Å². The molecule has 2 aliphatic heterocycles. The van der Waals surface area contributed by atoms with Crippen LogP contribution in [-0.2, 0) is 4.79 Å². The Balaban J connectivity index is 1.49. The Bertz CT molecular complexity index is 700. The Morgan fingerprint density at radius 1 is 0.800 bits per heavy atom. The average Bonchev–Trinajstić information content (AvgIpc) is 2.77. The molecule has 0 bridgehead atoms. The highest BCUT2D eigenvalue weighted by atomic mass is 16.2. The Morgan fingerprint density at radius 3 is 1.90 bits per heavy atom. The van der Waals surface area contributed by atoms with Crippen LogP contribution >= 0.6 is 0 Å². The zero-order valence-corrected chi connectivity index (χ0v) is 19.1. The fraction of sp³-hybridized carbons (Fsp3) is 0.667. The third kappa shape index (κ3) is 5.75. The third-order valence-corrected chi connectivity index (χ3v) is 6.38. The van der Waals surface area contributed by atoms with Crippen LogP contribution < -0.4 is 4.90 Å². The van der Waals surface area contributed by atoms with E-state index < -0.39 is 0 Å². The van der Waals surface area contributed by atoms with E-state index in [2.05, 4.69) is 49.6 Å². The summed E-state index contributed by atoms with van der Waals surface area (Å²) in [6.45, 7) is 15.5. The highest BCUT2D eigenvalue weighted by Gasteiger charge is 2.25. The average molecular weight is 415 g/mol. The Hall–Kier alpha value is -2.08. The van der Waals surface area contributed by atoms with Gasteiger partial charge in [-0.2, -0.15) is 0 Å². The predicted octanol–water partition coefficient (Wildman–Crippen LogP) is 2.94. The highest BCUT2D eigenvalue weighted by Crippen LogP contribution is 2.19. The van der Waals surface area contributed by atoms with E-state index in [0.717, 1.165) is 38.2 Å². The molecule has 0 aromatic heterocycles. The van der Waals surface area contributed by atoms with Crippen LogP contribution in [0.2, 0.25) is 0 Å². The standard InChI is InChI=1S/C24H38N4O2/c1-19(2)5-10-23(29)27-15-17-28(18-16-27)24(30)21-6-8-22(9-7-21)26-13-11-25(12-14-26)20(3)4/h6-9,19-20H,5,10-18H2,1-4H3. The van der Waals surface area contributed by atoms with E-state index >= 15 is 0 Å². The minimum Gasteiger partial charge on any atom is -0.369 e. The number of amides is 2. The van der Waals surface area contributed by atoms with Gasteiger partial charge in [0.15, 0.2) is 0 Å². The summed E-state index contributed by atoms with van der Waals surface area (Å²) in [6, 6.07) is 8.64. The molecule has 166 valence electrons. The molecular formula is C24H38N4O2. The number of rotatable bonds is 6. The van der Waals surface area contributed by atoms with Crippen molar-refractivity contribution >= 4 is 17.5 Å². The van der Waals surface area contributed by atoms with Gasteiger partial charge in [-0.1, -0.05) is 13.8 Å². The van der Waals surface area contributed by atoms with Gasteiger partial charge in [-0.25, -0.2) is 0 Å². The van der Waals surface area contributed by atoms with Gasteiger partial charge in [0.1, 0.15) is 0 Å². The lowest BCUT2D eigenvalue weighted by atomic mass is 10.1. The smallest absolute Gasteiger partial charge is 0.253 e. The summed E-state index contributed by atoms with van der Waals surface area (Å²) in [6.07, 6.45) is 1.54. The van der Waals surface area contributed by atoms with Gasteiger partial charge in [0.05, 0.1) is 0 Å². The van der Waals surface area contributed by atoms with Crippen LogP contribution in [0.5, 0.6) is 0 Å². The van der Waals surface area contributed by atoms with Gasteiger partial charge < -0.3 is 14.7 Å². The number of hydrogen-bond donors (Lipinski definition) is 0. The molecule has 2 heterocycles. The maximum Gasteiger partial charge on any atom is 0.253 e. The molecule has 0 radical (unpaired) electrons. The van der Waals surface area contributed by atoms with E-state index in [1.165, 1.54) is 5.69 Å². The third-order valence-electron chi connectivity index (χ3n) is 6.38. The van der Waals surface area contributed by atoms with Crippen LogP contribution in [0.25, 0.3) is 0 Å². The molecule has 0 aliphatic carbocycles. The molecule has 3 rings (SSSR count). The molecule has 2 saturated heterocycles. The summed E-state index contributed by atoms with van der Waals surface area (Å²) in [4.78, 5) is 33.9. The van der Waals surface area contributed by atoms with Gasteiger partial charge in [0.25, 0.3) is 5.91 Å². The molecule has 30 heavy (non-hydrogen) atoms. The minimum absolute atomic E-state index is 0.0699. The van der Waals surface area contributed by atoms with Gasteiger partial charge in [-0.05, 0) is 50.5 Å². The first kappa shape index (κ1) is 22.6. The lowest BCUT2D eigenvalue weighted by Crippen LogP contribution is -2.50. The van der Waals surface area contributed by atoms with Gasteiger partial charge in [-0.3, -0.25) is 14.5 Å². The predicted molar refractivity (Wildman–Crippen MR) is 122 cm³/mol. The first-order valence-corrected chi connectivity index (χ1v) is 11.5. The normalized spacial score (nSPS) is 18.4. The molecule has 1 aromatic carbocycles. The lowest BCUT2D eigenvalue weighted by molar-refractivity contribution is -0.132.